The summed E-state index contributed by atoms with van der Waals surface area (Å²) in [5, 5.41) is 3.48. The van der Waals surface area contributed by atoms with E-state index in [0.717, 1.165) is 5.56 Å². The van der Waals surface area contributed by atoms with Gasteiger partial charge in [-0.1, -0.05) is 31.5 Å². The minimum absolute atomic E-state index is 0. The molecule has 1 aliphatic heterocycles. The first kappa shape index (κ1) is 18.7. The van der Waals surface area contributed by atoms with Crippen molar-refractivity contribution in [1.29, 1.82) is 0 Å². The number of piperazine rings is 1. The summed E-state index contributed by atoms with van der Waals surface area (Å²) in [6.45, 7) is 7.79. The number of sulfonamides is 1. The number of hydrogen-bond acceptors (Lipinski definition) is 3. The van der Waals surface area contributed by atoms with Gasteiger partial charge >= 0.3 is 0 Å². The molecule has 0 saturated carbocycles. The first-order chi connectivity index (χ1) is 9.34. The van der Waals surface area contributed by atoms with E-state index < -0.39 is 10.0 Å². The van der Waals surface area contributed by atoms with Gasteiger partial charge in [0.15, 0.2) is 0 Å². The molecule has 7 heteroatoms. The van der Waals surface area contributed by atoms with Crippen molar-refractivity contribution in [3.05, 3.63) is 28.8 Å². The van der Waals surface area contributed by atoms with Crippen LogP contribution in [0, 0.1) is 0 Å². The highest BCUT2D eigenvalue weighted by molar-refractivity contribution is 7.89. The van der Waals surface area contributed by atoms with E-state index in [1.165, 1.54) is 4.31 Å². The van der Waals surface area contributed by atoms with Gasteiger partial charge in [-0.3, -0.25) is 0 Å². The fourth-order valence-electron chi connectivity index (χ4n) is 2.38. The van der Waals surface area contributed by atoms with Crippen LogP contribution in [0.2, 0.25) is 5.02 Å². The minimum atomic E-state index is -3.54. The molecule has 120 valence electrons. The van der Waals surface area contributed by atoms with Crippen molar-refractivity contribution >= 4 is 34.0 Å². The Morgan fingerprint density at radius 2 is 2.05 bits per heavy atom. The highest BCUT2D eigenvalue weighted by atomic mass is 35.5. The van der Waals surface area contributed by atoms with Crippen LogP contribution in [0.4, 0.5) is 0 Å². The first-order valence-corrected chi connectivity index (χ1v) is 8.68. The number of rotatable bonds is 3. The lowest BCUT2D eigenvalue weighted by Gasteiger charge is -2.33. The fraction of sp³-hybridized carbons (Fsp3) is 0.571. The van der Waals surface area contributed by atoms with Crippen LogP contribution in [-0.2, 0) is 10.0 Å². The second kappa shape index (κ2) is 7.29. The van der Waals surface area contributed by atoms with Gasteiger partial charge < -0.3 is 5.32 Å². The third kappa shape index (κ3) is 3.90. The summed E-state index contributed by atoms with van der Waals surface area (Å²) in [4.78, 5) is 0.221. The van der Waals surface area contributed by atoms with Crippen LogP contribution in [0.25, 0.3) is 0 Å². The molecule has 0 bridgehead atoms. The van der Waals surface area contributed by atoms with Gasteiger partial charge in [0.25, 0.3) is 0 Å². The zero-order valence-corrected chi connectivity index (χ0v) is 14.9. The molecule has 1 atom stereocenters. The fourth-order valence-corrected chi connectivity index (χ4v) is 4.52. The Bertz CT molecular complexity index is 591. The average molecular weight is 353 g/mol. The third-order valence-electron chi connectivity index (χ3n) is 3.65. The number of nitrogens with one attached hydrogen (secondary N) is 1. The summed E-state index contributed by atoms with van der Waals surface area (Å²) >= 11 is 6.13. The van der Waals surface area contributed by atoms with Crippen molar-refractivity contribution < 1.29 is 8.42 Å². The predicted molar refractivity (Wildman–Crippen MR) is 89.0 cm³/mol. The SMILES string of the molecule is CC(C)c1ccc(Cl)c(S(=O)(=O)N2CCNCC2C)c1.Cl. The summed E-state index contributed by atoms with van der Waals surface area (Å²) in [6, 6.07) is 5.20. The summed E-state index contributed by atoms with van der Waals surface area (Å²) in [5.74, 6) is 0.265. The van der Waals surface area contributed by atoms with Gasteiger partial charge in [-0.15, -0.1) is 12.4 Å². The summed E-state index contributed by atoms with van der Waals surface area (Å²) < 4.78 is 27.2. The molecule has 2 rings (SSSR count). The second-order valence-corrected chi connectivity index (χ2v) is 7.78. The lowest BCUT2D eigenvalue weighted by Crippen LogP contribution is -2.52. The maximum absolute atomic E-state index is 12.8. The lowest BCUT2D eigenvalue weighted by molar-refractivity contribution is 0.284. The van der Waals surface area contributed by atoms with Crippen molar-refractivity contribution in [3.63, 3.8) is 0 Å². The Labute approximate surface area is 138 Å². The van der Waals surface area contributed by atoms with Gasteiger partial charge in [0.2, 0.25) is 10.0 Å². The molecule has 0 radical (unpaired) electrons. The topological polar surface area (TPSA) is 49.4 Å². The highest BCUT2D eigenvalue weighted by Gasteiger charge is 2.32. The maximum Gasteiger partial charge on any atom is 0.244 e. The van der Waals surface area contributed by atoms with Crippen molar-refractivity contribution in [3.8, 4) is 0 Å². The normalized spacial score (nSPS) is 20.3. The molecule has 1 N–H and O–H groups in total. The second-order valence-electron chi connectivity index (χ2n) is 5.51. The molecule has 1 saturated heterocycles. The van der Waals surface area contributed by atoms with Crippen LogP contribution < -0.4 is 5.32 Å². The zero-order chi connectivity index (χ0) is 14.9. The van der Waals surface area contributed by atoms with E-state index in [9.17, 15) is 8.42 Å². The van der Waals surface area contributed by atoms with Gasteiger partial charge in [-0.2, -0.15) is 4.31 Å². The monoisotopic (exact) mass is 352 g/mol. The largest absolute Gasteiger partial charge is 0.314 e. The van der Waals surface area contributed by atoms with E-state index in [2.05, 4.69) is 5.32 Å². The molecule has 1 fully saturated rings. The summed E-state index contributed by atoms with van der Waals surface area (Å²) in [7, 11) is -3.54. The van der Waals surface area contributed by atoms with E-state index >= 15 is 0 Å². The molecule has 1 aliphatic rings. The molecule has 21 heavy (non-hydrogen) atoms. The van der Waals surface area contributed by atoms with Crippen LogP contribution >= 0.6 is 24.0 Å². The molecule has 1 aromatic carbocycles. The minimum Gasteiger partial charge on any atom is -0.314 e. The molecule has 1 unspecified atom stereocenters. The molecule has 0 aliphatic carbocycles. The van der Waals surface area contributed by atoms with E-state index in [1.807, 2.05) is 26.8 Å². The highest BCUT2D eigenvalue weighted by Crippen LogP contribution is 2.29. The van der Waals surface area contributed by atoms with E-state index in [4.69, 9.17) is 11.6 Å². The molecule has 1 heterocycles. The van der Waals surface area contributed by atoms with E-state index in [-0.39, 0.29) is 29.3 Å². The van der Waals surface area contributed by atoms with Crippen molar-refractivity contribution in [1.82, 2.24) is 9.62 Å². The van der Waals surface area contributed by atoms with E-state index in [0.29, 0.717) is 24.7 Å². The number of hydrogen-bond donors (Lipinski definition) is 1. The Kier molecular flexibility index (Phi) is 6.50. The lowest BCUT2D eigenvalue weighted by atomic mass is 10.0. The van der Waals surface area contributed by atoms with Crippen molar-refractivity contribution in [2.45, 2.75) is 37.6 Å². The Morgan fingerprint density at radius 3 is 2.62 bits per heavy atom. The molecule has 1 aromatic rings. The third-order valence-corrected chi connectivity index (χ3v) is 6.14. The summed E-state index contributed by atoms with van der Waals surface area (Å²) in [6.07, 6.45) is 0. The molecule has 0 aromatic heterocycles. The molecular weight excluding hydrogens is 331 g/mol. The van der Waals surface area contributed by atoms with Gasteiger partial charge in [0, 0.05) is 25.7 Å². The van der Waals surface area contributed by atoms with Gasteiger partial charge in [-0.05, 0) is 30.5 Å². The van der Waals surface area contributed by atoms with Gasteiger partial charge in [-0.25, -0.2) is 8.42 Å². The van der Waals surface area contributed by atoms with E-state index in [1.54, 1.807) is 12.1 Å². The Hall–Kier alpha value is -0.330. The molecular formula is C14H22Cl2N2O2S. The van der Waals surface area contributed by atoms with Gasteiger partial charge in [0.05, 0.1) is 5.02 Å². The van der Waals surface area contributed by atoms with Crippen LogP contribution in [0.5, 0.6) is 0 Å². The van der Waals surface area contributed by atoms with Crippen LogP contribution in [0.1, 0.15) is 32.3 Å². The number of benzene rings is 1. The van der Waals surface area contributed by atoms with Crippen LogP contribution in [0.15, 0.2) is 23.1 Å². The Balaban J connectivity index is 0.00000220. The number of halogens is 2. The van der Waals surface area contributed by atoms with Crippen LogP contribution in [0.3, 0.4) is 0 Å². The number of nitrogens with zero attached hydrogens (tertiary/aromatic N) is 1. The summed E-state index contributed by atoms with van der Waals surface area (Å²) in [5.41, 5.74) is 0.982. The Morgan fingerprint density at radius 1 is 1.38 bits per heavy atom. The van der Waals surface area contributed by atoms with Crippen LogP contribution in [-0.4, -0.2) is 38.4 Å². The first-order valence-electron chi connectivity index (χ1n) is 6.86. The predicted octanol–water partition coefficient (Wildman–Crippen LogP) is 2.87. The molecule has 4 nitrogen and oxygen atoms in total. The smallest absolute Gasteiger partial charge is 0.244 e. The average Bonchev–Trinajstić information content (AvgIpc) is 2.39. The quantitative estimate of drug-likeness (QED) is 0.909. The molecule has 0 amide bonds. The molecule has 0 spiro atoms. The maximum atomic E-state index is 12.8. The van der Waals surface area contributed by atoms with Crippen molar-refractivity contribution in [2.24, 2.45) is 0 Å². The van der Waals surface area contributed by atoms with Crippen molar-refractivity contribution in [2.75, 3.05) is 19.6 Å². The standard InChI is InChI=1S/C14H21ClN2O2S.ClH/c1-10(2)12-4-5-13(15)14(8-12)20(18,19)17-7-6-16-9-11(17)3;/h4-5,8,10-11,16H,6-7,9H2,1-3H3;1H. The van der Waals surface area contributed by atoms with Gasteiger partial charge in [0.1, 0.15) is 4.90 Å². The zero-order valence-electron chi connectivity index (χ0n) is 12.5.